The fourth-order valence-corrected chi connectivity index (χ4v) is 0.448. The minimum Gasteiger partial charge on any atom is -0.365 e. The van der Waals surface area contributed by atoms with Gasteiger partial charge in [0.1, 0.15) is 0 Å². The predicted molar refractivity (Wildman–Crippen MR) is 34.7 cm³/mol. The first-order valence-electron chi connectivity index (χ1n) is 2.25. The molecule has 9 heavy (non-hydrogen) atoms. The molecule has 1 aromatic heterocycles. The van der Waals surface area contributed by atoms with E-state index in [0.29, 0.717) is 11.6 Å². The number of nitrogen functional groups attached to an aromatic ring is 1. The largest absolute Gasteiger partial charge is 0.365 e. The molecule has 0 radical (unpaired) electrons. The molecule has 0 aromatic carbocycles. The van der Waals surface area contributed by atoms with Crippen molar-refractivity contribution in [2.24, 2.45) is 0 Å². The number of thiol groups is 1. The van der Waals surface area contributed by atoms with Crippen LogP contribution < -0.4 is 5.73 Å². The van der Waals surface area contributed by atoms with Gasteiger partial charge in [0.25, 0.3) is 5.95 Å². The lowest BCUT2D eigenvalue weighted by atomic mass is 10.7. The van der Waals surface area contributed by atoms with Crippen molar-refractivity contribution in [3.05, 3.63) is 5.82 Å². The Morgan fingerprint density at radius 3 is 2.22 bits per heavy atom. The molecular formula is C3H5N5S. The van der Waals surface area contributed by atoms with Crippen molar-refractivity contribution in [2.75, 3.05) is 5.73 Å². The van der Waals surface area contributed by atoms with Gasteiger partial charge in [-0.15, -0.1) is 20.4 Å². The van der Waals surface area contributed by atoms with Crippen LogP contribution in [0.1, 0.15) is 5.82 Å². The Labute approximate surface area is 57.1 Å². The van der Waals surface area contributed by atoms with E-state index in [1.807, 2.05) is 0 Å². The first kappa shape index (κ1) is 6.21. The second-order valence-corrected chi connectivity index (χ2v) is 1.65. The van der Waals surface area contributed by atoms with Gasteiger partial charge in [-0.1, -0.05) is 0 Å². The summed E-state index contributed by atoms with van der Waals surface area (Å²) < 4.78 is 0. The third kappa shape index (κ3) is 1.49. The number of hydrogen-bond donors (Lipinski definition) is 2. The van der Waals surface area contributed by atoms with Crippen LogP contribution in [0.15, 0.2) is 0 Å². The zero-order valence-electron chi connectivity index (χ0n) is 4.52. The van der Waals surface area contributed by atoms with E-state index in [4.69, 9.17) is 5.73 Å². The summed E-state index contributed by atoms with van der Waals surface area (Å²) in [6.45, 7) is 0. The normalized spacial score (nSPS) is 9.44. The lowest BCUT2D eigenvalue weighted by Crippen LogP contribution is -2.02. The van der Waals surface area contributed by atoms with E-state index in [-0.39, 0.29) is 5.95 Å². The molecule has 0 aliphatic carbocycles. The summed E-state index contributed by atoms with van der Waals surface area (Å²) in [5.74, 6) is 0.994. The molecule has 5 nitrogen and oxygen atoms in total. The summed E-state index contributed by atoms with van der Waals surface area (Å²) in [5, 5.41) is 14.1. The second-order valence-electron chi connectivity index (χ2n) is 1.33. The first-order chi connectivity index (χ1) is 4.33. The molecule has 0 saturated carbocycles. The minimum absolute atomic E-state index is 0.0838. The van der Waals surface area contributed by atoms with Crippen molar-refractivity contribution in [1.29, 1.82) is 0 Å². The molecule has 0 spiro atoms. The Morgan fingerprint density at radius 2 is 1.78 bits per heavy atom. The van der Waals surface area contributed by atoms with Gasteiger partial charge in [0.05, 0.1) is 5.75 Å². The summed E-state index contributed by atoms with van der Waals surface area (Å²) in [5.41, 5.74) is 5.11. The number of hydrogen-bond acceptors (Lipinski definition) is 6. The molecular weight excluding hydrogens is 138 g/mol. The summed E-state index contributed by atoms with van der Waals surface area (Å²) in [6.07, 6.45) is 0. The Morgan fingerprint density at radius 1 is 1.22 bits per heavy atom. The van der Waals surface area contributed by atoms with Gasteiger partial charge in [-0.3, -0.25) is 0 Å². The van der Waals surface area contributed by atoms with Crippen LogP contribution in [-0.2, 0) is 5.75 Å². The van der Waals surface area contributed by atoms with Gasteiger partial charge in [-0.2, -0.15) is 12.6 Å². The summed E-state index contributed by atoms with van der Waals surface area (Å²) in [7, 11) is 0. The number of anilines is 1. The van der Waals surface area contributed by atoms with Gasteiger partial charge in [0, 0.05) is 0 Å². The molecule has 0 amide bonds. The quantitative estimate of drug-likeness (QED) is 0.507. The molecule has 0 saturated heterocycles. The maximum Gasteiger partial charge on any atom is 0.259 e. The maximum atomic E-state index is 5.11. The van der Waals surface area contributed by atoms with Crippen LogP contribution in [0, 0.1) is 0 Å². The van der Waals surface area contributed by atoms with Crippen molar-refractivity contribution >= 4 is 18.6 Å². The molecule has 0 unspecified atom stereocenters. The van der Waals surface area contributed by atoms with Crippen molar-refractivity contribution in [3.63, 3.8) is 0 Å². The van der Waals surface area contributed by atoms with E-state index in [2.05, 4.69) is 33.0 Å². The van der Waals surface area contributed by atoms with Gasteiger partial charge in [-0.05, 0) is 0 Å². The predicted octanol–water partition coefficient (Wildman–Crippen LogP) is -0.721. The zero-order valence-corrected chi connectivity index (χ0v) is 5.41. The van der Waals surface area contributed by atoms with E-state index >= 15 is 0 Å². The molecule has 0 atom stereocenters. The highest BCUT2D eigenvalue weighted by atomic mass is 32.1. The Balaban J connectivity index is 2.88. The number of nitrogens with zero attached hydrogens (tertiary/aromatic N) is 4. The molecule has 0 aliphatic heterocycles. The van der Waals surface area contributed by atoms with E-state index in [9.17, 15) is 0 Å². The molecule has 1 rings (SSSR count). The van der Waals surface area contributed by atoms with Crippen molar-refractivity contribution in [3.8, 4) is 0 Å². The van der Waals surface area contributed by atoms with Crippen LogP contribution in [0.3, 0.4) is 0 Å². The van der Waals surface area contributed by atoms with Crippen LogP contribution in [-0.4, -0.2) is 20.4 Å². The molecule has 1 heterocycles. The average molecular weight is 143 g/mol. The van der Waals surface area contributed by atoms with E-state index in [1.165, 1.54) is 0 Å². The van der Waals surface area contributed by atoms with Gasteiger partial charge in [-0.25, -0.2) is 0 Å². The average Bonchev–Trinajstić information content (AvgIpc) is 1.90. The topological polar surface area (TPSA) is 77.6 Å². The molecule has 1 aromatic rings. The molecule has 6 heteroatoms. The maximum absolute atomic E-state index is 5.11. The van der Waals surface area contributed by atoms with E-state index in [1.54, 1.807) is 0 Å². The van der Waals surface area contributed by atoms with Crippen LogP contribution in [0.25, 0.3) is 0 Å². The highest BCUT2D eigenvalue weighted by molar-refractivity contribution is 7.79. The summed E-state index contributed by atoms with van der Waals surface area (Å²) in [6, 6.07) is 0. The standard InChI is InChI=1S/C3H5N5S/c4-3-7-5-2(1-9)6-8-3/h9H,1H2,(H2,4,7,8). The molecule has 0 fully saturated rings. The lowest BCUT2D eigenvalue weighted by molar-refractivity contribution is 0.814. The van der Waals surface area contributed by atoms with E-state index in [0.717, 1.165) is 0 Å². The third-order valence-electron chi connectivity index (χ3n) is 0.677. The smallest absolute Gasteiger partial charge is 0.259 e. The fourth-order valence-electron chi connectivity index (χ4n) is 0.321. The number of aromatic nitrogens is 4. The monoisotopic (exact) mass is 143 g/mol. The number of rotatable bonds is 1. The van der Waals surface area contributed by atoms with Crippen LogP contribution in [0.4, 0.5) is 5.95 Å². The van der Waals surface area contributed by atoms with E-state index < -0.39 is 0 Å². The van der Waals surface area contributed by atoms with Gasteiger partial charge >= 0.3 is 0 Å². The lowest BCUT2D eigenvalue weighted by Gasteiger charge is -1.88. The molecule has 2 N–H and O–H groups in total. The van der Waals surface area contributed by atoms with Gasteiger partial charge < -0.3 is 5.73 Å². The van der Waals surface area contributed by atoms with Crippen molar-refractivity contribution < 1.29 is 0 Å². The second kappa shape index (κ2) is 2.58. The van der Waals surface area contributed by atoms with Crippen LogP contribution >= 0.6 is 12.6 Å². The van der Waals surface area contributed by atoms with Gasteiger partial charge in [0.15, 0.2) is 5.82 Å². The third-order valence-corrected chi connectivity index (χ3v) is 0.960. The SMILES string of the molecule is Nc1nnc(CS)nn1. The summed E-state index contributed by atoms with van der Waals surface area (Å²) >= 11 is 3.90. The van der Waals surface area contributed by atoms with Crippen LogP contribution in [0.2, 0.25) is 0 Å². The zero-order chi connectivity index (χ0) is 6.69. The molecule has 0 bridgehead atoms. The highest BCUT2D eigenvalue weighted by Crippen LogP contribution is 1.89. The Kier molecular flexibility index (Phi) is 1.78. The highest BCUT2D eigenvalue weighted by Gasteiger charge is 1.92. The van der Waals surface area contributed by atoms with Gasteiger partial charge in [0.2, 0.25) is 0 Å². The van der Waals surface area contributed by atoms with Crippen LogP contribution in [0.5, 0.6) is 0 Å². The fraction of sp³-hybridized carbons (Fsp3) is 0.333. The first-order valence-corrected chi connectivity index (χ1v) is 2.89. The van der Waals surface area contributed by atoms with Crippen molar-refractivity contribution in [1.82, 2.24) is 20.4 Å². The number of nitrogens with two attached hydrogens (primary N) is 1. The minimum atomic E-state index is 0.0838. The van der Waals surface area contributed by atoms with Crippen molar-refractivity contribution in [2.45, 2.75) is 5.75 Å². The Bertz CT molecular complexity index is 184. The molecule has 0 aliphatic rings. The summed E-state index contributed by atoms with van der Waals surface area (Å²) in [4.78, 5) is 0. The Hall–Kier alpha value is -0.910. The molecule has 48 valence electrons.